The van der Waals surface area contributed by atoms with Gasteiger partial charge >= 0.3 is 0 Å². The summed E-state index contributed by atoms with van der Waals surface area (Å²) >= 11 is 0. The van der Waals surface area contributed by atoms with Crippen LogP contribution in [0.25, 0.3) is 50.2 Å². The van der Waals surface area contributed by atoms with E-state index in [0.29, 0.717) is 23.4 Å². The lowest BCUT2D eigenvalue weighted by molar-refractivity contribution is 0.454. The number of aromatic nitrogens is 3. The Labute approximate surface area is 347 Å². The Balaban J connectivity index is 1.23. The number of allylic oxidation sites excluding steroid dienone is 4. The number of hydrogen-bond donors (Lipinski definition) is 0. The zero-order valence-corrected chi connectivity index (χ0v) is 34.0. The van der Waals surface area contributed by atoms with Crippen molar-refractivity contribution >= 4 is 16.3 Å². The van der Waals surface area contributed by atoms with Gasteiger partial charge in [0.15, 0.2) is 17.5 Å². The van der Waals surface area contributed by atoms with Gasteiger partial charge in [0, 0.05) is 28.5 Å². The van der Waals surface area contributed by atoms with Gasteiger partial charge in [0.2, 0.25) is 0 Å². The molecule has 8 aromatic rings. The molecule has 0 fully saturated rings. The molecule has 10 rings (SSSR count). The summed E-state index contributed by atoms with van der Waals surface area (Å²) in [5.74, 6) is 2.92. The first-order valence-electron chi connectivity index (χ1n) is 21.0. The molecule has 0 saturated carbocycles. The summed E-state index contributed by atoms with van der Waals surface area (Å²) in [5, 5.41) is 2.28. The van der Waals surface area contributed by atoms with E-state index in [-0.39, 0.29) is 17.8 Å². The average molecular weight is 762 g/mol. The fourth-order valence-electron chi connectivity index (χ4n) is 9.78. The van der Waals surface area contributed by atoms with E-state index in [9.17, 15) is 0 Å². The number of fused-ring (bicyclic) bond motifs is 4. The van der Waals surface area contributed by atoms with Crippen LogP contribution in [-0.4, -0.2) is 15.0 Å². The molecule has 0 saturated heterocycles. The third kappa shape index (κ3) is 6.24. The van der Waals surface area contributed by atoms with Gasteiger partial charge < -0.3 is 0 Å². The third-order valence-electron chi connectivity index (χ3n) is 12.7. The standard InChI is InChI=1S/C56H47N3/c1-36(2)42-31-32-51-48(33-42)49-34-47(37(3)4)50(35-52(49)56(51,43-21-10-6-11-22-43)44-23-12-7-13-24-44)55-58-53(41-29-27-39(28-30-41)38-17-8-5-9-18-38)57-54(59-55)46-26-16-20-40-19-14-15-25-45(40)46/h5-37,49,52H,1-4H3. The predicted molar refractivity (Wildman–Crippen MR) is 244 cm³/mol. The second kappa shape index (κ2) is 14.9. The fraction of sp³-hybridized carbons (Fsp3) is 0.161. The number of rotatable bonds is 8. The first-order chi connectivity index (χ1) is 28.9. The summed E-state index contributed by atoms with van der Waals surface area (Å²) in [4.78, 5) is 16.2. The van der Waals surface area contributed by atoms with Crippen LogP contribution in [0.2, 0.25) is 0 Å². The predicted octanol–water partition coefficient (Wildman–Crippen LogP) is 13.9. The summed E-state index contributed by atoms with van der Waals surface area (Å²) in [7, 11) is 0. The van der Waals surface area contributed by atoms with Gasteiger partial charge in [-0.2, -0.15) is 0 Å². The first kappa shape index (κ1) is 36.6. The summed E-state index contributed by atoms with van der Waals surface area (Å²) in [6, 6.07) is 63.6. The van der Waals surface area contributed by atoms with E-state index < -0.39 is 5.41 Å². The molecule has 2 unspecified atom stereocenters. The van der Waals surface area contributed by atoms with Gasteiger partial charge in [0.1, 0.15) is 0 Å². The maximum Gasteiger partial charge on any atom is 0.164 e. The smallest absolute Gasteiger partial charge is 0.164 e. The van der Waals surface area contributed by atoms with Crippen LogP contribution < -0.4 is 0 Å². The van der Waals surface area contributed by atoms with Crippen molar-refractivity contribution in [3.8, 4) is 33.9 Å². The molecular formula is C56H47N3. The molecule has 0 spiro atoms. The second-order valence-electron chi connectivity index (χ2n) is 16.7. The van der Waals surface area contributed by atoms with E-state index >= 15 is 0 Å². The highest BCUT2D eigenvalue weighted by Crippen LogP contribution is 2.61. The molecule has 0 radical (unpaired) electrons. The maximum atomic E-state index is 5.46. The summed E-state index contributed by atoms with van der Waals surface area (Å²) in [6.07, 6.45) is 5.11. The van der Waals surface area contributed by atoms with Crippen LogP contribution in [0.4, 0.5) is 0 Å². The molecule has 7 aromatic carbocycles. The van der Waals surface area contributed by atoms with E-state index in [0.717, 1.165) is 33.0 Å². The molecule has 2 aliphatic carbocycles. The Morgan fingerprint density at radius 3 is 1.73 bits per heavy atom. The topological polar surface area (TPSA) is 38.7 Å². The van der Waals surface area contributed by atoms with E-state index in [2.05, 4.69) is 216 Å². The van der Waals surface area contributed by atoms with E-state index in [4.69, 9.17) is 15.0 Å². The fourth-order valence-corrected chi connectivity index (χ4v) is 9.78. The zero-order valence-electron chi connectivity index (χ0n) is 34.0. The van der Waals surface area contributed by atoms with Crippen molar-refractivity contribution < 1.29 is 0 Å². The SMILES string of the molecule is CC(C)C1=CC2c3cc(C(C)C)ccc3C(c3ccccc3)(c3ccccc3)C2C=C1c1nc(-c2ccc(-c3ccccc3)cc2)nc(-c2cccc3ccccc23)n1. The summed E-state index contributed by atoms with van der Waals surface area (Å²) in [6.45, 7) is 9.20. The van der Waals surface area contributed by atoms with Crippen LogP contribution >= 0.6 is 0 Å². The molecule has 286 valence electrons. The maximum absolute atomic E-state index is 5.46. The van der Waals surface area contributed by atoms with Gasteiger partial charge in [-0.05, 0) is 67.1 Å². The Morgan fingerprint density at radius 1 is 0.475 bits per heavy atom. The minimum Gasteiger partial charge on any atom is -0.208 e. The number of benzene rings is 7. The van der Waals surface area contributed by atoms with Crippen molar-refractivity contribution in [3.63, 3.8) is 0 Å². The lowest BCUT2D eigenvalue weighted by Crippen LogP contribution is -2.35. The Morgan fingerprint density at radius 2 is 1.05 bits per heavy atom. The van der Waals surface area contributed by atoms with Crippen LogP contribution in [0.1, 0.15) is 73.2 Å². The molecule has 3 heteroatoms. The van der Waals surface area contributed by atoms with Crippen molar-refractivity contribution in [1.82, 2.24) is 15.0 Å². The molecule has 1 heterocycles. The molecule has 2 aliphatic rings. The minimum atomic E-state index is -0.441. The Bertz CT molecular complexity index is 2830. The van der Waals surface area contributed by atoms with E-state index in [1.165, 1.54) is 39.0 Å². The largest absolute Gasteiger partial charge is 0.208 e. The van der Waals surface area contributed by atoms with Crippen LogP contribution in [0.5, 0.6) is 0 Å². The van der Waals surface area contributed by atoms with Gasteiger partial charge in [-0.3, -0.25) is 0 Å². The minimum absolute atomic E-state index is 0.0635. The molecule has 0 amide bonds. The third-order valence-corrected chi connectivity index (χ3v) is 12.7. The molecule has 0 bridgehead atoms. The van der Waals surface area contributed by atoms with Gasteiger partial charge in [-0.1, -0.05) is 216 Å². The molecule has 3 nitrogen and oxygen atoms in total. The normalized spacial score (nSPS) is 16.8. The van der Waals surface area contributed by atoms with Crippen molar-refractivity contribution in [1.29, 1.82) is 0 Å². The van der Waals surface area contributed by atoms with Crippen LogP contribution in [0.15, 0.2) is 194 Å². The van der Waals surface area contributed by atoms with Crippen molar-refractivity contribution in [3.05, 3.63) is 227 Å². The molecule has 1 aromatic heterocycles. The average Bonchev–Trinajstić information content (AvgIpc) is 3.58. The molecule has 0 aliphatic heterocycles. The van der Waals surface area contributed by atoms with Crippen molar-refractivity contribution in [2.45, 2.75) is 44.9 Å². The highest BCUT2D eigenvalue weighted by molar-refractivity contribution is 5.95. The van der Waals surface area contributed by atoms with Crippen LogP contribution in [-0.2, 0) is 5.41 Å². The first-order valence-corrected chi connectivity index (χ1v) is 21.0. The lowest BCUT2D eigenvalue weighted by Gasteiger charge is -2.40. The van der Waals surface area contributed by atoms with E-state index in [1.54, 1.807) is 0 Å². The van der Waals surface area contributed by atoms with Crippen molar-refractivity contribution in [2.75, 3.05) is 0 Å². The summed E-state index contributed by atoms with van der Waals surface area (Å²) < 4.78 is 0. The Kier molecular flexibility index (Phi) is 9.25. The van der Waals surface area contributed by atoms with Crippen molar-refractivity contribution in [2.24, 2.45) is 11.8 Å². The van der Waals surface area contributed by atoms with Crippen LogP contribution in [0.3, 0.4) is 0 Å². The van der Waals surface area contributed by atoms with Gasteiger partial charge in [-0.15, -0.1) is 0 Å². The monoisotopic (exact) mass is 761 g/mol. The molecule has 2 atom stereocenters. The number of hydrogen-bond acceptors (Lipinski definition) is 3. The van der Waals surface area contributed by atoms with Gasteiger partial charge in [0.05, 0.1) is 5.41 Å². The lowest BCUT2D eigenvalue weighted by atomic mass is 9.62. The van der Waals surface area contributed by atoms with Gasteiger partial charge in [0.25, 0.3) is 0 Å². The second-order valence-corrected chi connectivity index (χ2v) is 16.7. The molecular weight excluding hydrogens is 715 g/mol. The van der Waals surface area contributed by atoms with E-state index in [1.807, 2.05) is 0 Å². The highest BCUT2D eigenvalue weighted by atomic mass is 15.0. The number of nitrogens with zero attached hydrogens (tertiary/aromatic N) is 3. The van der Waals surface area contributed by atoms with Gasteiger partial charge in [-0.25, -0.2) is 15.0 Å². The summed E-state index contributed by atoms with van der Waals surface area (Å²) in [5.41, 5.74) is 12.9. The van der Waals surface area contributed by atoms with Crippen LogP contribution in [0, 0.1) is 11.8 Å². The highest BCUT2D eigenvalue weighted by Gasteiger charge is 2.54. The Hall–Kier alpha value is -6.71. The molecule has 59 heavy (non-hydrogen) atoms. The quantitative estimate of drug-likeness (QED) is 0.155. The molecule has 0 N–H and O–H groups in total. The zero-order chi connectivity index (χ0) is 40.1.